The third-order valence-electron chi connectivity index (χ3n) is 2.23. The zero-order valence-electron chi connectivity index (χ0n) is 9.53. The molecule has 2 rings (SSSR count). The fraction of sp³-hybridized carbons (Fsp3) is 0.273. The van der Waals surface area contributed by atoms with Crippen LogP contribution in [0.3, 0.4) is 0 Å². The Balaban J connectivity index is 2.17. The van der Waals surface area contributed by atoms with E-state index < -0.39 is 11.0 Å². The first-order chi connectivity index (χ1) is 8.58. The van der Waals surface area contributed by atoms with E-state index in [1.807, 2.05) is 6.07 Å². The Morgan fingerprint density at radius 1 is 1.67 bits per heavy atom. The summed E-state index contributed by atoms with van der Waals surface area (Å²) < 4.78 is 5.76. The number of furan rings is 1. The number of hydrogen-bond acceptors (Lipinski definition) is 6. The quantitative estimate of drug-likeness (QED) is 0.516. The molecule has 96 valence electrons. The largest absolute Gasteiger partial charge is 0.468 e. The Morgan fingerprint density at radius 2 is 2.44 bits per heavy atom. The minimum Gasteiger partial charge on any atom is -0.468 e. The van der Waals surface area contributed by atoms with E-state index in [4.69, 9.17) is 4.42 Å². The Hall–Kier alpha value is -1.31. The van der Waals surface area contributed by atoms with Gasteiger partial charge in [-0.3, -0.25) is 10.1 Å². The van der Waals surface area contributed by atoms with Gasteiger partial charge < -0.3 is 9.52 Å². The van der Waals surface area contributed by atoms with E-state index >= 15 is 0 Å². The molecule has 18 heavy (non-hydrogen) atoms. The summed E-state index contributed by atoms with van der Waals surface area (Å²) in [4.78, 5) is 11.1. The topological polar surface area (TPSA) is 76.5 Å². The maximum atomic E-state index is 10.9. The van der Waals surface area contributed by atoms with Gasteiger partial charge in [0.1, 0.15) is 9.97 Å². The number of nitrogens with zero attached hydrogens (tertiary/aromatic N) is 1. The second-order valence-corrected chi connectivity index (χ2v) is 5.95. The molecule has 0 spiro atoms. The summed E-state index contributed by atoms with van der Waals surface area (Å²) in [6.45, 7) is 1.59. The van der Waals surface area contributed by atoms with E-state index in [1.165, 1.54) is 29.2 Å². The third kappa shape index (κ3) is 2.92. The standard InChI is InChI=1S/C11H11NO4S2/c1-7(13)10-5-9(12(14)15)11(18-10)17-6-8-3-2-4-16-8/h2-5,7,13H,6H2,1H3/t7-/m0/s1. The minimum absolute atomic E-state index is 0.0486. The van der Waals surface area contributed by atoms with E-state index in [1.54, 1.807) is 19.3 Å². The second kappa shape index (κ2) is 5.55. The molecule has 0 bridgehead atoms. The van der Waals surface area contributed by atoms with Crippen molar-refractivity contribution in [3.63, 3.8) is 0 Å². The van der Waals surface area contributed by atoms with Gasteiger partial charge in [0.15, 0.2) is 0 Å². The highest BCUT2D eigenvalue weighted by atomic mass is 32.2. The van der Waals surface area contributed by atoms with Crippen molar-refractivity contribution in [2.45, 2.75) is 23.0 Å². The van der Waals surface area contributed by atoms with Crippen molar-refractivity contribution >= 4 is 28.8 Å². The van der Waals surface area contributed by atoms with Crippen molar-refractivity contribution in [1.29, 1.82) is 0 Å². The van der Waals surface area contributed by atoms with Crippen LogP contribution in [0.25, 0.3) is 0 Å². The average Bonchev–Trinajstić information content (AvgIpc) is 2.95. The molecule has 0 radical (unpaired) electrons. The molecule has 0 aliphatic rings. The van der Waals surface area contributed by atoms with Crippen molar-refractivity contribution in [2.75, 3.05) is 0 Å². The molecule has 0 saturated carbocycles. The normalized spacial score (nSPS) is 12.6. The van der Waals surface area contributed by atoms with Crippen LogP contribution in [0.2, 0.25) is 0 Å². The predicted octanol–water partition coefficient (Wildman–Crippen LogP) is 3.59. The van der Waals surface area contributed by atoms with Crippen LogP contribution in [0.15, 0.2) is 33.1 Å². The van der Waals surface area contributed by atoms with Gasteiger partial charge in [-0.05, 0) is 19.1 Å². The average molecular weight is 285 g/mol. The zero-order chi connectivity index (χ0) is 13.1. The van der Waals surface area contributed by atoms with Crippen molar-refractivity contribution < 1.29 is 14.4 Å². The van der Waals surface area contributed by atoms with Gasteiger partial charge in [-0.15, -0.1) is 23.1 Å². The van der Waals surface area contributed by atoms with Crippen molar-refractivity contribution in [2.24, 2.45) is 0 Å². The molecule has 1 N–H and O–H groups in total. The highest BCUT2D eigenvalue weighted by Crippen LogP contribution is 2.41. The molecule has 0 aliphatic heterocycles. The SMILES string of the molecule is C[C@H](O)c1cc([N+](=O)[O-])c(SCc2ccco2)s1. The number of nitro groups is 1. The number of hydrogen-bond donors (Lipinski definition) is 1. The van der Waals surface area contributed by atoms with E-state index in [2.05, 4.69) is 0 Å². The monoisotopic (exact) mass is 285 g/mol. The summed E-state index contributed by atoms with van der Waals surface area (Å²) in [5.74, 6) is 1.30. The summed E-state index contributed by atoms with van der Waals surface area (Å²) in [7, 11) is 0. The maximum Gasteiger partial charge on any atom is 0.294 e. The number of aliphatic hydroxyl groups excluding tert-OH is 1. The summed E-state index contributed by atoms with van der Waals surface area (Å²) in [5, 5.41) is 20.4. The van der Waals surface area contributed by atoms with Crippen LogP contribution in [0.4, 0.5) is 5.69 Å². The molecule has 0 aromatic carbocycles. The van der Waals surface area contributed by atoms with E-state index in [0.717, 1.165) is 5.76 Å². The van der Waals surface area contributed by atoms with Gasteiger partial charge in [0, 0.05) is 10.9 Å². The van der Waals surface area contributed by atoms with Crippen molar-refractivity contribution in [1.82, 2.24) is 0 Å². The van der Waals surface area contributed by atoms with Gasteiger partial charge in [-0.25, -0.2) is 0 Å². The Kier molecular flexibility index (Phi) is 4.05. The lowest BCUT2D eigenvalue weighted by molar-refractivity contribution is -0.387. The lowest BCUT2D eigenvalue weighted by Gasteiger charge is -1.96. The number of rotatable bonds is 5. The molecule has 0 amide bonds. The molecular formula is C11H11NO4S2. The first-order valence-electron chi connectivity index (χ1n) is 5.19. The van der Waals surface area contributed by atoms with E-state index in [9.17, 15) is 15.2 Å². The molecule has 0 aliphatic carbocycles. The summed E-state index contributed by atoms with van der Waals surface area (Å²) in [6.07, 6.45) is 0.881. The molecule has 0 saturated heterocycles. The van der Waals surface area contributed by atoms with Crippen LogP contribution in [0, 0.1) is 10.1 Å². The van der Waals surface area contributed by atoms with Crippen LogP contribution >= 0.6 is 23.1 Å². The van der Waals surface area contributed by atoms with Gasteiger partial charge >= 0.3 is 0 Å². The molecule has 2 heterocycles. The van der Waals surface area contributed by atoms with E-state index in [0.29, 0.717) is 14.8 Å². The predicted molar refractivity (Wildman–Crippen MR) is 69.9 cm³/mol. The smallest absolute Gasteiger partial charge is 0.294 e. The Morgan fingerprint density at radius 3 is 3.00 bits per heavy atom. The van der Waals surface area contributed by atoms with Crippen LogP contribution in [-0.2, 0) is 5.75 Å². The molecule has 2 aromatic heterocycles. The number of aliphatic hydroxyl groups is 1. The van der Waals surface area contributed by atoms with Crippen LogP contribution < -0.4 is 0 Å². The molecule has 7 heteroatoms. The number of thioether (sulfide) groups is 1. The van der Waals surface area contributed by atoms with Gasteiger partial charge in [-0.2, -0.15) is 0 Å². The lowest BCUT2D eigenvalue weighted by Crippen LogP contribution is -1.87. The summed E-state index contributed by atoms with van der Waals surface area (Å²) in [5.41, 5.74) is 0.0486. The van der Waals surface area contributed by atoms with Gasteiger partial charge in [0.2, 0.25) is 0 Å². The third-order valence-corrected chi connectivity index (χ3v) is 4.83. The van der Waals surface area contributed by atoms with Gasteiger partial charge in [0.25, 0.3) is 5.69 Å². The summed E-state index contributed by atoms with van der Waals surface area (Å²) in [6, 6.07) is 5.03. The fourth-order valence-corrected chi connectivity index (χ4v) is 3.56. The highest BCUT2D eigenvalue weighted by Gasteiger charge is 2.21. The second-order valence-electron chi connectivity index (χ2n) is 3.62. The molecule has 5 nitrogen and oxygen atoms in total. The van der Waals surface area contributed by atoms with Crippen molar-refractivity contribution in [3.8, 4) is 0 Å². The van der Waals surface area contributed by atoms with Crippen LogP contribution in [-0.4, -0.2) is 10.0 Å². The van der Waals surface area contributed by atoms with Crippen LogP contribution in [0.1, 0.15) is 23.7 Å². The molecule has 2 aromatic rings. The fourth-order valence-electron chi connectivity index (χ4n) is 1.35. The van der Waals surface area contributed by atoms with Gasteiger partial charge in [0.05, 0.1) is 23.0 Å². The molecular weight excluding hydrogens is 274 g/mol. The van der Waals surface area contributed by atoms with E-state index in [-0.39, 0.29) is 5.69 Å². The van der Waals surface area contributed by atoms with Crippen molar-refractivity contribution in [3.05, 3.63) is 45.2 Å². The lowest BCUT2D eigenvalue weighted by atomic mass is 10.3. The van der Waals surface area contributed by atoms with Crippen LogP contribution in [0.5, 0.6) is 0 Å². The first kappa shape index (κ1) is 13.1. The highest BCUT2D eigenvalue weighted by molar-refractivity contribution is 8.00. The Labute approximate surface area is 112 Å². The molecule has 0 fully saturated rings. The maximum absolute atomic E-state index is 10.9. The summed E-state index contributed by atoms with van der Waals surface area (Å²) >= 11 is 2.59. The molecule has 0 unspecified atom stereocenters. The number of thiophene rings is 1. The first-order valence-corrected chi connectivity index (χ1v) is 6.99. The Bertz CT molecular complexity index is 533. The van der Waals surface area contributed by atoms with Gasteiger partial charge in [-0.1, -0.05) is 0 Å². The minimum atomic E-state index is -0.688. The zero-order valence-corrected chi connectivity index (χ0v) is 11.2. The molecule has 1 atom stereocenters.